The summed E-state index contributed by atoms with van der Waals surface area (Å²) < 4.78 is 5.32. The van der Waals surface area contributed by atoms with Crippen LogP contribution in [0.25, 0.3) is 5.57 Å². The maximum Gasteiger partial charge on any atom is 0.248 e. The molecule has 0 spiro atoms. The van der Waals surface area contributed by atoms with Gasteiger partial charge in [-0.05, 0) is 59.6 Å². The summed E-state index contributed by atoms with van der Waals surface area (Å²) in [5.41, 5.74) is 11.8. The molecule has 3 N–H and O–H groups in total. The van der Waals surface area contributed by atoms with E-state index in [2.05, 4.69) is 35.2 Å². The fourth-order valence-corrected chi connectivity index (χ4v) is 5.72. The van der Waals surface area contributed by atoms with Crippen molar-refractivity contribution < 1.29 is 19.4 Å². The number of hydrogen-bond donors (Lipinski definition) is 2. The van der Waals surface area contributed by atoms with Gasteiger partial charge in [0, 0.05) is 39.6 Å². The van der Waals surface area contributed by atoms with Crippen molar-refractivity contribution in [3.8, 4) is 0 Å². The van der Waals surface area contributed by atoms with Crippen molar-refractivity contribution in [2.75, 3.05) is 49.2 Å². The van der Waals surface area contributed by atoms with E-state index < -0.39 is 0 Å². The third kappa shape index (κ3) is 5.62. The number of nitrogens with zero attached hydrogens (tertiary/aromatic N) is 3. The second-order valence-electron chi connectivity index (χ2n) is 10.5. The highest BCUT2D eigenvalue weighted by atomic mass is 16.5. The van der Waals surface area contributed by atoms with Crippen molar-refractivity contribution in [1.82, 2.24) is 4.90 Å². The number of fused-ring (bicyclic) bond motifs is 1. The summed E-state index contributed by atoms with van der Waals surface area (Å²) in [6.07, 6.45) is 5.19. The number of rotatable bonds is 9. The van der Waals surface area contributed by atoms with E-state index in [0.717, 1.165) is 53.9 Å². The minimum atomic E-state index is -0.0175. The smallest absolute Gasteiger partial charge is 0.248 e. The first-order chi connectivity index (χ1) is 18.5. The average Bonchev–Trinajstić information content (AvgIpc) is 3.78. The molecule has 38 heavy (non-hydrogen) atoms. The number of anilines is 2. The quantitative estimate of drug-likeness (QED) is 0.496. The predicted molar refractivity (Wildman–Crippen MR) is 149 cm³/mol. The van der Waals surface area contributed by atoms with Gasteiger partial charge in [0.1, 0.15) is 6.61 Å². The van der Waals surface area contributed by atoms with Gasteiger partial charge in [-0.1, -0.05) is 36.4 Å². The molecule has 1 atom stereocenters. The third-order valence-corrected chi connectivity index (χ3v) is 7.89. The van der Waals surface area contributed by atoms with Crippen molar-refractivity contribution in [3.63, 3.8) is 0 Å². The molecule has 0 bridgehead atoms. The lowest BCUT2D eigenvalue weighted by molar-refractivity contribution is -0.135. The van der Waals surface area contributed by atoms with E-state index >= 15 is 0 Å². The molecule has 202 valence electrons. The van der Waals surface area contributed by atoms with Crippen LogP contribution < -0.4 is 15.5 Å². The van der Waals surface area contributed by atoms with E-state index in [0.29, 0.717) is 38.7 Å². The summed E-state index contributed by atoms with van der Waals surface area (Å²) in [6, 6.07) is 14.6. The zero-order valence-corrected chi connectivity index (χ0v) is 22.1. The largest absolute Gasteiger partial charge is 0.392 e. The van der Waals surface area contributed by atoms with Gasteiger partial charge < -0.3 is 30.3 Å². The van der Waals surface area contributed by atoms with Gasteiger partial charge >= 0.3 is 0 Å². The predicted octanol–water partition coefficient (Wildman–Crippen LogP) is 2.92. The van der Waals surface area contributed by atoms with Crippen LogP contribution in [0.2, 0.25) is 0 Å². The van der Waals surface area contributed by atoms with E-state index in [-0.39, 0.29) is 31.1 Å². The minimum Gasteiger partial charge on any atom is -0.392 e. The van der Waals surface area contributed by atoms with Gasteiger partial charge in [0.25, 0.3) is 0 Å². The molecule has 0 unspecified atom stereocenters. The Morgan fingerprint density at radius 3 is 2.55 bits per heavy atom. The van der Waals surface area contributed by atoms with Crippen LogP contribution >= 0.6 is 0 Å². The van der Waals surface area contributed by atoms with Crippen LogP contribution in [0.1, 0.15) is 42.9 Å². The van der Waals surface area contributed by atoms with Crippen LogP contribution in [0.4, 0.5) is 11.4 Å². The van der Waals surface area contributed by atoms with E-state index in [4.69, 9.17) is 10.5 Å². The van der Waals surface area contributed by atoms with Gasteiger partial charge in [-0.15, -0.1) is 0 Å². The molecule has 1 saturated carbocycles. The molecule has 2 aliphatic heterocycles. The van der Waals surface area contributed by atoms with Crippen molar-refractivity contribution in [2.45, 2.75) is 45.4 Å². The third-order valence-electron chi connectivity index (χ3n) is 7.89. The van der Waals surface area contributed by atoms with Gasteiger partial charge in [0.15, 0.2) is 0 Å². The van der Waals surface area contributed by atoms with Gasteiger partial charge in [0.2, 0.25) is 11.8 Å². The van der Waals surface area contributed by atoms with Crippen molar-refractivity contribution >= 4 is 28.8 Å². The summed E-state index contributed by atoms with van der Waals surface area (Å²) in [5.74, 6) is 0.589. The first kappa shape index (κ1) is 26.4. The molecule has 2 aromatic carbocycles. The Morgan fingerprint density at radius 1 is 1.11 bits per heavy atom. The van der Waals surface area contributed by atoms with Gasteiger partial charge in [-0.25, -0.2) is 0 Å². The van der Waals surface area contributed by atoms with Gasteiger partial charge in [0.05, 0.1) is 30.6 Å². The van der Waals surface area contributed by atoms with E-state index in [9.17, 15) is 14.7 Å². The maximum atomic E-state index is 12.9. The first-order valence-electron chi connectivity index (χ1n) is 13.6. The molecule has 0 saturated heterocycles. The Labute approximate surface area is 224 Å². The molecular weight excluding hydrogens is 480 g/mol. The topological polar surface area (TPSA) is 99.3 Å². The number of amides is 2. The fourth-order valence-electron chi connectivity index (χ4n) is 5.72. The van der Waals surface area contributed by atoms with Crippen LogP contribution in [0, 0.1) is 5.92 Å². The van der Waals surface area contributed by atoms with E-state index in [1.165, 1.54) is 5.57 Å². The molecule has 2 amide bonds. The lowest BCUT2D eigenvalue weighted by Crippen LogP contribution is -2.52. The minimum absolute atomic E-state index is 0.00189. The summed E-state index contributed by atoms with van der Waals surface area (Å²) in [7, 11) is 0. The number of benzene rings is 2. The molecule has 0 radical (unpaired) electrons. The van der Waals surface area contributed by atoms with Crippen LogP contribution in [-0.2, 0) is 27.5 Å². The summed E-state index contributed by atoms with van der Waals surface area (Å²) >= 11 is 0. The molecule has 8 nitrogen and oxygen atoms in total. The Morgan fingerprint density at radius 2 is 1.89 bits per heavy atom. The second kappa shape index (κ2) is 11.7. The molecular formula is C30H38N4O4. The highest BCUT2D eigenvalue weighted by molar-refractivity contribution is 5.98. The van der Waals surface area contributed by atoms with Crippen LogP contribution in [-0.4, -0.2) is 67.3 Å². The number of carbonyl (C=O) groups is 2. The molecule has 2 heterocycles. The second-order valence-corrected chi connectivity index (χ2v) is 10.5. The molecule has 3 aliphatic rings. The normalized spacial score (nSPS) is 19.3. The SMILES string of the molecule is CC(=O)N1c2ccc(C3=CCN(C(=O)COCCN)CC3)cc2N(Cc2ccccc2CO)C[C@@H]1C1CC1. The maximum absolute atomic E-state index is 12.9. The van der Waals surface area contributed by atoms with Crippen LogP contribution in [0.15, 0.2) is 48.5 Å². The van der Waals surface area contributed by atoms with Crippen molar-refractivity contribution in [1.29, 1.82) is 0 Å². The lowest BCUT2D eigenvalue weighted by Gasteiger charge is -2.44. The van der Waals surface area contributed by atoms with Gasteiger partial charge in [-0.2, -0.15) is 0 Å². The molecule has 8 heteroatoms. The summed E-state index contributed by atoms with van der Waals surface area (Å²) in [6.45, 7) is 5.15. The van der Waals surface area contributed by atoms with Crippen molar-refractivity contribution in [2.24, 2.45) is 11.7 Å². The van der Waals surface area contributed by atoms with E-state index in [1.54, 1.807) is 6.92 Å². The molecule has 1 fully saturated rings. The molecule has 5 rings (SSSR count). The molecule has 0 aromatic heterocycles. The fraction of sp³-hybridized carbons (Fsp3) is 0.467. The Hall–Kier alpha value is -3.20. The first-order valence-corrected chi connectivity index (χ1v) is 13.6. The number of hydrogen-bond acceptors (Lipinski definition) is 6. The highest BCUT2D eigenvalue weighted by Gasteiger charge is 2.42. The number of aliphatic hydroxyl groups excluding tert-OH is 1. The zero-order valence-electron chi connectivity index (χ0n) is 22.1. The number of aliphatic hydroxyl groups is 1. The van der Waals surface area contributed by atoms with Crippen molar-refractivity contribution in [3.05, 3.63) is 65.2 Å². The summed E-state index contributed by atoms with van der Waals surface area (Å²) in [5, 5.41) is 9.92. The standard InChI is InChI=1S/C30H38N4O4/c1-21(36)34-27-9-8-24(22-10-13-32(14-11-22)30(37)20-38-15-12-31)16-28(27)33(18-29(34)23-6-7-23)17-25-4-2-3-5-26(25)19-35/h2-5,8-10,16,23,29,35H,6-7,11-15,17-20,31H2,1H3/t29-/m1/s1. The average molecular weight is 519 g/mol. The Balaban J connectivity index is 1.43. The Kier molecular flexibility index (Phi) is 8.12. The van der Waals surface area contributed by atoms with Crippen LogP contribution in [0.5, 0.6) is 0 Å². The lowest BCUT2D eigenvalue weighted by atomic mass is 9.95. The van der Waals surface area contributed by atoms with Crippen LogP contribution in [0.3, 0.4) is 0 Å². The molecule has 2 aromatic rings. The van der Waals surface area contributed by atoms with E-state index in [1.807, 2.05) is 28.0 Å². The summed E-state index contributed by atoms with van der Waals surface area (Å²) in [4.78, 5) is 31.5. The highest BCUT2D eigenvalue weighted by Crippen LogP contribution is 2.45. The zero-order chi connectivity index (χ0) is 26.6. The Bertz CT molecular complexity index is 1210. The number of carbonyl (C=O) groups excluding carboxylic acids is 2. The molecule has 1 aliphatic carbocycles. The van der Waals surface area contributed by atoms with Gasteiger partial charge in [-0.3, -0.25) is 9.59 Å². The number of ether oxygens (including phenoxy) is 1. The number of nitrogens with two attached hydrogens (primary N) is 1. The monoisotopic (exact) mass is 518 g/mol.